The van der Waals surface area contributed by atoms with Gasteiger partial charge in [0, 0.05) is 40.9 Å². The van der Waals surface area contributed by atoms with E-state index in [1.165, 1.54) is 5.56 Å². The first-order valence-electron chi connectivity index (χ1n) is 7.83. The van der Waals surface area contributed by atoms with Crippen LogP contribution in [0.1, 0.15) is 12.0 Å². The second-order valence-corrected chi connectivity index (χ2v) is 6.68. The summed E-state index contributed by atoms with van der Waals surface area (Å²) < 4.78 is 0. The number of halogens is 2. The Hall–Kier alpha value is -1.81. The number of amides is 1. The van der Waals surface area contributed by atoms with Crippen LogP contribution in [0.5, 0.6) is 0 Å². The summed E-state index contributed by atoms with van der Waals surface area (Å²) in [6.07, 6.45) is 2.74. The molecule has 3 nitrogen and oxygen atoms in total. The van der Waals surface area contributed by atoms with Crippen molar-refractivity contribution < 1.29 is 4.79 Å². The molecule has 0 aromatic heterocycles. The summed E-state index contributed by atoms with van der Waals surface area (Å²) in [5.74, 6) is -0.0524. The Bertz CT molecular complexity index is 756. The Morgan fingerprint density at radius 3 is 2.54 bits per heavy atom. The molecule has 1 heterocycles. The van der Waals surface area contributed by atoms with Crippen molar-refractivity contribution in [2.75, 3.05) is 18.4 Å². The van der Waals surface area contributed by atoms with Gasteiger partial charge in [-0.25, -0.2) is 0 Å². The van der Waals surface area contributed by atoms with Crippen LogP contribution in [0.3, 0.4) is 0 Å². The molecule has 1 N–H and O–H groups in total. The number of rotatable bonds is 4. The number of benzene rings is 2. The van der Waals surface area contributed by atoms with Crippen LogP contribution < -0.4 is 5.32 Å². The molecule has 3 rings (SSSR count). The number of nitrogens with one attached hydrogen (secondary N) is 1. The third kappa shape index (κ3) is 4.60. The largest absolute Gasteiger partial charge is 0.322 e. The maximum atomic E-state index is 12.3. The van der Waals surface area contributed by atoms with Gasteiger partial charge in [0.05, 0.1) is 0 Å². The fraction of sp³-hybridized carbons (Fsp3) is 0.211. The molecule has 2 aromatic rings. The van der Waals surface area contributed by atoms with Gasteiger partial charge in [0.1, 0.15) is 0 Å². The third-order valence-corrected chi connectivity index (χ3v) is 4.47. The van der Waals surface area contributed by atoms with E-state index < -0.39 is 0 Å². The molecule has 1 aliphatic rings. The van der Waals surface area contributed by atoms with Crippen molar-refractivity contribution in [3.8, 4) is 0 Å². The van der Waals surface area contributed by atoms with Crippen LogP contribution in [0.4, 0.5) is 5.69 Å². The summed E-state index contributed by atoms with van der Waals surface area (Å²) in [6, 6.07) is 15.1. The van der Waals surface area contributed by atoms with Crippen LogP contribution in [0.25, 0.3) is 0 Å². The molecule has 0 saturated heterocycles. The molecule has 1 aliphatic heterocycles. The van der Waals surface area contributed by atoms with Gasteiger partial charge in [0.25, 0.3) is 5.91 Å². The number of carbonyl (C=O) groups excluding carboxylic acids is 1. The summed E-state index contributed by atoms with van der Waals surface area (Å²) in [7, 11) is 0. The standard InChI is InChI=1S/C19H18Cl2N2O/c20-16-6-4-14(5-7-16)13-23-10-8-15(9-11-23)19(24)22-18-3-1-2-17(21)12-18/h1-8,12H,9-11,13H2,(H,22,24). The number of carbonyl (C=O) groups is 1. The van der Waals surface area contributed by atoms with Gasteiger partial charge in [0.15, 0.2) is 0 Å². The second-order valence-electron chi connectivity index (χ2n) is 5.81. The Morgan fingerprint density at radius 1 is 1.08 bits per heavy atom. The Kier molecular flexibility index (Phi) is 5.56. The minimum Gasteiger partial charge on any atom is -0.322 e. The zero-order valence-electron chi connectivity index (χ0n) is 13.1. The molecule has 0 saturated carbocycles. The van der Waals surface area contributed by atoms with E-state index in [0.29, 0.717) is 5.02 Å². The molecule has 0 aliphatic carbocycles. The molecule has 0 atom stereocenters. The van der Waals surface area contributed by atoms with E-state index >= 15 is 0 Å². The molecule has 0 bridgehead atoms. The molecule has 5 heteroatoms. The highest BCUT2D eigenvalue weighted by atomic mass is 35.5. The van der Waals surface area contributed by atoms with Gasteiger partial charge in [-0.05, 0) is 42.3 Å². The third-order valence-electron chi connectivity index (χ3n) is 3.99. The van der Waals surface area contributed by atoms with Crippen molar-refractivity contribution in [3.05, 3.63) is 75.8 Å². The van der Waals surface area contributed by atoms with E-state index in [4.69, 9.17) is 23.2 Å². The van der Waals surface area contributed by atoms with Crippen LogP contribution >= 0.6 is 23.2 Å². The molecule has 0 fully saturated rings. The van der Waals surface area contributed by atoms with E-state index in [1.54, 1.807) is 12.1 Å². The van der Waals surface area contributed by atoms with Gasteiger partial charge in [-0.1, -0.05) is 47.5 Å². The van der Waals surface area contributed by atoms with Gasteiger partial charge < -0.3 is 5.32 Å². The quantitative estimate of drug-likeness (QED) is 0.851. The van der Waals surface area contributed by atoms with E-state index in [1.807, 2.05) is 42.5 Å². The molecular weight excluding hydrogens is 343 g/mol. The molecular formula is C19H18Cl2N2O. The highest BCUT2D eigenvalue weighted by Gasteiger charge is 2.17. The second kappa shape index (κ2) is 7.84. The summed E-state index contributed by atoms with van der Waals surface area (Å²) in [5.41, 5.74) is 2.76. The van der Waals surface area contributed by atoms with E-state index in [9.17, 15) is 4.79 Å². The van der Waals surface area contributed by atoms with E-state index in [0.717, 1.165) is 42.3 Å². The molecule has 124 valence electrons. The first-order chi connectivity index (χ1) is 11.6. The van der Waals surface area contributed by atoms with Gasteiger partial charge in [-0.15, -0.1) is 0 Å². The number of anilines is 1. The lowest BCUT2D eigenvalue weighted by Gasteiger charge is -2.26. The van der Waals surface area contributed by atoms with Crippen LogP contribution in [-0.2, 0) is 11.3 Å². The minimum absolute atomic E-state index is 0.0524. The summed E-state index contributed by atoms with van der Waals surface area (Å²) in [4.78, 5) is 14.6. The van der Waals surface area contributed by atoms with E-state index in [-0.39, 0.29) is 5.91 Å². The fourth-order valence-electron chi connectivity index (χ4n) is 2.69. The summed E-state index contributed by atoms with van der Waals surface area (Å²) in [6.45, 7) is 2.48. The zero-order valence-corrected chi connectivity index (χ0v) is 14.6. The first-order valence-corrected chi connectivity index (χ1v) is 8.58. The number of nitrogens with zero attached hydrogens (tertiary/aromatic N) is 1. The van der Waals surface area contributed by atoms with Crippen molar-refractivity contribution in [2.24, 2.45) is 0 Å². The smallest absolute Gasteiger partial charge is 0.251 e. The van der Waals surface area contributed by atoms with Crippen molar-refractivity contribution in [3.63, 3.8) is 0 Å². The lowest BCUT2D eigenvalue weighted by molar-refractivity contribution is -0.113. The molecule has 0 radical (unpaired) electrons. The van der Waals surface area contributed by atoms with Crippen LogP contribution in [-0.4, -0.2) is 23.9 Å². The Balaban J connectivity index is 1.56. The average molecular weight is 361 g/mol. The highest BCUT2D eigenvalue weighted by molar-refractivity contribution is 6.31. The molecule has 0 spiro atoms. The van der Waals surface area contributed by atoms with Crippen LogP contribution in [0.2, 0.25) is 10.0 Å². The molecule has 0 unspecified atom stereocenters. The summed E-state index contributed by atoms with van der Waals surface area (Å²) in [5, 5.41) is 4.26. The van der Waals surface area contributed by atoms with Crippen molar-refractivity contribution >= 4 is 34.8 Å². The monoisotopic (exact) mass is 360 g/mol. The van der Waals surface area contributed by atoms with Crippen LogP contribution in [0, 0.1) is 0 Å². The van der Waals surface area contributed by atoms with Crippen molar-refractivity contribution in [2.45, 2.75) is 13.0 Å². The average Bonchev–Trinajstić information content (AvgIpc) is 2.57. The number of hydrogen-bond donors (Lipinski definition) is 1. The first kappa shape index (κ1) is 17.0. The normalized spacial score (nSPS) is 15.0. The van der Waals surface area contributed by atoms with E-state index in [2.05, 4.69) is 10.2 Å². The van der Waals surface area contributed by atoms with Gasteiger partial charge in [-0.3, -0.25) is 9.69 Å². The van der Waals surface area contributed by atoms with Gasteiger partial charge in [-0.2, -0.15) is 0 Å². The SMILES string of the molecule is O=C(Nc1cccc(Cl)c1)C1=CCN(Cc2ccc(Cl)cc2)CC1. The minimum atomic E-state index is -0.0524. The predicted molar refractivity (Wildman–Crippen MR) is 99.5 cm³/mol. The highest BCUT2D eigenvalue weighted by Crippen LogP contribution is 2.19. The number of hydrogen-bond acceptors (Lipinski definition) is 2. The molecule has 24 heavy (non-hydrogen) atoms. The topological polar surface area (TPSA) is 32.3 Å². The summed E-state index contributed by atoms with van der Waals surface area (Å²) >= 11 is 11.8. The van der Waals surface area contributed by atoms with Gasteiger partial charge in [0.2, 0.25) is 0 Å². The Labute approximate surface area is 151 Å². The van der Waals surface area contributed by atoms with Gasteiger partial charge >= 0.3 is 0 Å². The lowest BCUT2D eigenvalue weighted by Crippen LogP contribution is -2.31. The fourth-order valence-corrected chi connectivity index (χ4v) is 3.00. The van der Waals surface area contributed by atoms with Crippen LogP contribution in [0.15, 0.2) is 60.2 Å². The molecule has 2 aromatic carbocycles. The molecule has 1 amide bonds. The maximum absolute atomic E-state index is 12.3. The predicted octanol–water partition coefficient (Wildman–Crippen LogP) is 4.76. The maximum Gasteiger partial charge on any atom is 0.251 e. The van der Waals surface area contributed by atoms with Crippen molar-refractivity contribution in [1.82, 2.24) is 4.90 Å². The lowest BCUT2D eigenvalue weighted by atomic mass is 10.1. The Morgan fingerprint density at radius 2 is 1.88 bits per heavy atom. The zero-order chi connectivity index (χ0) is 16.9. The van der Waals surface area contributed by atoms with Crippen molar-refractivity contribution in [1.29, 1.82) is 0 Å².